The average molecular weight is 395 g/mol. The first kappa shape index (κ1) is 17.5. The van der Waals surface area contributed by atoms with E-state index in [1.807, 2.05) is 6.08 Å². The van der Waals surface area contributed by atoms with Crippen molar-refractivity contribution in [1.82, 2.24) is 10.6 Å². The van der Waals surface area contributed by atoms with Crippen molar-refractivity contribution in [1.29, 1.82) is 0 Å². The van der Waals surface area contributed by atoms with Crippen LogP contribution in [0.25, 0.3) is 10.8 Å². The SMILES string of the molecule is C=CCNC(=NC)NCCc1ccc2ccccc2c1.I. The smallest absolute Gasteiger partial charge is 0.191 e. The van der Waals surface area contributed by atoms with E-state index in [1.54, 1.807) is 7.05 Å². The van der Waals surface area contributed by atoms with Crippen LogP contribution in [0.15, 0.2) is 60.1 Å². The summed E-state index contributed by atoms with van der Waals surface area (Å²) >= 11 is 0. The number of hydrogen-bond donors (Lipinski definition) is 2. The topological polar surface area (TPSA) is 36.4 Å². The van der Waals surface area contributed by atoms with E-state index in [1.165, 1.54) is 16.3 Å². The van der Waals surface area contributed by atoms with Crippen LogP contribution in [0.4, 0.5) is 0 Å². The Morgan fingerprint density at radius 2 is 1.90 bits per heavy atom. The first-order valence-electron chi connectivity index (χ1n) is 6.86. The number of hydrogen-bond acceptors (Lipinski definition) is 1. The van der Waals surface area contributed by atoms with Gasteiger partial charge in [-0.2, -0.15) is 0 Å². The molecule has 2 aromatic carbocycles. The van der Waals surface area contributed by atoms with Gasteiger partial charge in [-0.15, -0.1) is 30.6 Å². The summed E-state index contributed by atoms with van der Waals surface area (Å²) in [7, 11) is 1.77. The van der Waals surface area contributed by atoms with Crippen LogP contribution in [0.1, 0.15) is 5.56 Å². The Bertz CT molecular complexity index is 608. The summed E-state index contributed by atoms with van der Waals surface area (Å²) in [6.07, 6.45) is 2.79. The van der Waals surface area contributed by atoms with Gasteiger partial charge in [-0.1, -0.05) is 48.5 Å². The molecule has 2 N–H and O–H groups in total. The van der Waals surface area contributed by atoms with Gasteiger partial charge in [0.15, 0.2) is 5.96 Å². The predicted octanol–water partition coefficient (Wildman–Crippen LogP) is 3.35. The van der Waals surface area contributed by atoms with Gasteiger partial charge in [-0.25, -0.2) is 0 Å². The Hall–Kier alpha value is -1.56. The minimum Gasteiger partial charge on any atom is -0.356 e. The van der Waals surface area contributed by atoms with Crippen LogP contribution in [-0.4, -0.2) is 26.1 Å². The first-order chi connectivity index (χ1) is 9.83. The number of guanidine groups is 1. The molecule has 0 amide bonds. The molecule has 0 saturated heterocycles. The van der Waals surface area contributed by atoms with Gasteiger partial charge in [0.25, 0.3) is 0 Å². The number of aliphatic imine (C=N–C) groups is 1. The molecule has 0 saturated carbocycles. The highest BCUT2D eigenvalue weighted by atomic mass is 127. The van der Waals surface area contributed by atoms with Gasteiger partial charge in [0, 0.05) is 20.1 Å². The lowest BCUT2D eigenvalue weighted by Gasteiger charge is -2.10. The molecule has 0 heterocycles. The normalized spacial score (nSPS) is 10.8. The van der Waals surface area contributed by atoms with Crippen molar-refractivity contribution in [3.05, 3.63) is 60.7 Å². The highest BCUT2D eigenvalue weighted by molar-refractivity contribution is 14.0. The number of rotatable bonds is 5. The number of halogens is 1. The van der Waals surface area contributed by atoms with Crippen molar-refractivity contribution in [3.63, 3.8) is 0 Å². The van der Waals surface area contributed by atoms with Gasteiger partial charge in [-0.05, 0) is 22.8 Å². The van der Waals surface area contributed by atoms with Crippen LogP contribution in [0.5, 0.6) is 0 Å². The summed E-state index contributed by atoms with van der Waals surface area (Å²) in [6.45, 7) is 5.25. The molecule has 0 bridgehead atoms. The van der Waals surface area contributed by atoms with Crippen molar-refractivity contribution in [2.45, 2.75) is 6.42 Å². The molecule has 0 aliphatic rings. The fourth-order valence-electron chi connectivity index (χ4n) is 2.11. The van der Waals surface area contributed by atoms with E-state index in [4.69, 9.17) is 0 Å². The Morgan fingerprint density at radius 3 is 2.62 bits per heavy atom. The van der Waals surface area contributed by atoms with Crippen molar-refractivity contribution >= 4 is 40.7 Å². The highest BCUT2D eigenvalue weighted by Gasteiger charge is 1.98. The number of benzene rings is 2. The zero-order valence-electron chi connectivity index (χ0n) is 12.3. The molecule has 0 aliphatic carbocycles. The maximum Gasteiger partial charge on any atom is 0.191 e. The third-order valence-electron chi connectivity index (χ3n) is 3.16. The second-order valence-electron chi connectivity index (χ2n) is 4.60. The molecule has 3 nitrogen and oxygen atoms in total. The van der Waals surface area contributed by atoms with E-state index in [0.717, 1.165) is 25.5 Å². The van der Waals surface area contributed by atoms with Crippen molar-refractivity contribution < 1.29 is 0 Å². The first-order valence-corrected chi connectivity index (χ1v) is 6.86. The van der Waals surface area contributed by atoms with Crippen LogP contribution >= 0.6 is 24.0 Å². The molecule has 112 valence electrons. The zero-order valence-corrected chi connectivity index (χ0v) is 14.6. The van der Waals surface area contributed by atoms with E-state index in [-0.39, 0.29) is 24.0 Å². The van der Waals surface area contributed by atoms with Crippen LogP contribution in [0.2, 0.25) is 0 Å². The fraction of sp³-hybridized carbons (Fsp3) is 0.235. The molecular weight excluding hydrogens is 373 g/mol. The van der Waals surface area contributed by atoms with Gasteiger partial charge < -0.3 is 10.6 Å². The van der Waals surface area contributed by atoms with Gasteiger partial charge in [0.05, 0.1) is 0 Å². The minimum absolute atomic E-state index is 0. The van der Waals surface area contributed by atoms with Gasteiger partial charge in [-0.3, -0.25) is 4.99 Å². The van der Waals surface area contributed by atoms with Crippen molar-refractivity contribution in [2.75, 3.05) is 20.1 Å². The van der Waals surface area contributed by atoms with Crippen LogP contribution in [-0.2, 0) is 6.42 Å². The molecule has 0 radical (unpaired) electrons. The second-order valence-corrected chi connectivity index (χ2v) is 4.60. The summed E-state index contributed by atoms with van der Waals surface area (Å²) in [5, 5.41) is 9.02. The lowest BCUT2D eigenvalue weighted by atomic mass is 10.1. The van der Waals surface area contributed by atoms with Crippen molar-refractivity contribution in [2.24, 2.45) is 4.99 Å². The number of fused-ring (bicyclic) bond motifs is 1. The van der Waals surface area contributed by atoms with Crippen LogP contribution in [0, 0.1) is 0 Å². The monoisotopic (exact) mass is 395 g/mol. The molecule has 0 fully saturated rings. The second kappa shape index (κ2) is 9.39. The molecule has 2 aromatic rings. The van der Waals surface area contributed by atoms with E-state index < -0.39 is 0 Å². The summed E-state index contributed by atoms with van der Waals surface area (Å²) < 4.78 is 0. The molecular formula is C17H22IN3. The third-order valence-corrected chi connectivity index (χ3v) is 3.16. The molecule has 21 heavy (non-hydrogen) atoms. The molecule has 0 unspecified atom stereocenters. The Labute approximate surface area is 143 Å². The molecule has 0 aromatic heterocycles. The summed E-state index contributed by atoms with van der Waals surface area (Å²) in [6, 6.07) is 15.0. The fourth-order valence-corrected chi connectivity index (χ4v) is 2.11. The summed E-state index contributed by atoms with van der Waals surface area (Å²) in [4.78, 5) is 4.15. The molecule has 2 rings (SSSR count). The molecule has 4 heteroatoms. The standard InChI is InChI=1S/C17H21N3.HI/c1-3-11-19-17(18-2)20-12-10-14-8-9-15-6-4-5-7-16(15)13-14;/h3-9,13H,1,10-12H2,2H3,(H2,18,19,20);1H. The average Bonchev–Trinajstić information content (AvgIpc) is 2.50. The zero-order chi connectivity index (χ0) is 14.2. The van der Waals surface area contributed by atoms with Gasteiger partial charge in [0.2, 0.25) is 0 Å². The Morgan fingerprint density at radius 1 is 1.14 bits per heavy atom. The van der Waals surface area contributed by atoms with E-state index in [2.05, 4.69) is 64.7 Å². The van der Waals surface area contributed by atoms with Gasteiger partial charge in [0.1, 0.15) is 0 Å². The predicted molar refractivity (Wildman–Crippen MR) is 103 cm³/mol. The van der Waals surface area contributed by atoms with Crippen LogP contribution in [0.3, 0.4) is 0 Å². The maximum atomic E-state index is 4.15. The summed E-state index contributed by atoms with van der Waals surface area (Å²) in [5.74, 6) is 0.811. The van der Waals surface area contributed by atoms with Crippen molar-refractivity contribution in [3.8, 4) is 0 Å². The van der Waals surface area contributed by atoms with E-state index in [9.17, 15) is 0 Å². The van der Waals surface area contributed by atoms with Gasteiger partial charge >= 0.3 is 0 Å². The maximum absolute atomic E-state index is 4.15. The Kier molecular flexibility index (Phi) is 7.82. The molecule has 0 aliphatic heterocycles. The Balaban J connectivity index is 0.00000220. The van der Waals surface area contributed by atoms with Crippen LogP contribution < -0.4 is 10.6 Å². The summed E-state index contributed by atoms with van der Waals surface area (Å²) in [5.41, 5.74) is 1.33. The largest absolute Gasteiger partial charge is 0.356 e. The highest BCUT2D eigenvalue weighted by Crippen LogP contribution is 2.15. The lowest BCUT2D eigenvalue weighted by Crippen LogP contribution is -2.38. The minimum atomic E-state index is 0. The quantitative estimate of drug-likeness (QED) is 0.353. The van der Waals surface area contributed by atoms with E-state index >= 15 is 0 Å². The lowest BCUT2D eigenvalue weighted by molar-refractivity contribution is 0.822. The number of nitrogens with one attached hydrogen (secondary N) is 2. The number of nitrogens with zero attached hydrogens (tertiary/aromatic N) is 1. The molecule has 0 spiro atoms. The molecule has 0 atom stereocenters. The van der Waals surface area contributed by atoms with E-state index in [0.29, 0.717) is 0 Å². The third kappa shape index (κ3) is 5.38.